The predicted octanol–water partition coefficient (Wildman–Crippen LogP) is 4.36. The van der Waals surface area contributed by atoms with E-state index >= 15 is 0 Å². The van der Waals surface area contributed by atoms with E-state index in [0.29, 0.717) is 31.0 Å². The van der Waals surface area contributed by atoms with Gasteiger partial charge in [-0.15, -0.1) is 0 Å². The third-order valence-electron chi connectivity index (χ3n) is 3.90. The number of methoxy groups -OCH3 is 1. The Morgan fingerprint density at radius 3 is 2.81 bits per heavy atom. The monoisotopic (exact) mass is 414 g/mol. The van der Waals surface area contributed by atoms with Crippen LogP contribution in [0.4, 0.5) is 0 Å². The quantitative estimate of drug-likeness (QED) is 0.623. The SMILES string of the molecule is COc1ccc(Br)cc1CNC(=O)CCc1ncc(-c2ccccc2)o1. The van der Waals surface area contributed by atoms with Crippen LogP contribution in [0.2, 0.25) is 0 Å². The van der Waals surface area contributed by atoms with Gasteiger partial charge in [0.1, 0.15) is 5.75 Å². The number of oxazole rings is 1. The van der Waals surface area contributed by atoms with Crippen LogP contribution < -0.4 is 10.1 Å². The van der Waals surface area contributed by atoms with Crippen molar-refractivity contribution >= 4 is 21.8 Å². The van der Waals surface area contributed by atoms with Crippen molar-refractivity contribution in [1.29, 1.82) is 0 Å². The van der Waals surface area contributed by atoms with Crippen LogP contribution in [0, 0.1) is 0 Å². The van der Waals surface area contributed by atoms with Gasteiger partial charge in [-0.2, -0.15) is 0 Å². The van der Waals surface area contributed by atoms with Crippen LogP contribution in [0.3, 0.4) is 0 Å². The van der Waals surface area contributed by atoms with E-state index in [4.69, 9.17) is 9.15 Å². The first-order valence-corrected chi connectivity index (χ1v) is 9.04. The Balaban J connectivity index is 1.52. The van der Waals surface area contributed by atoms with Gasteiger partial charge in [0.25, 0.3) is 0 Å². The molecule has 6 heteroatoms. The van der Waals surface area contributed by atoms with Gasteiger partial charge in [0.15, 0.2) is 11.7 Å². The maximum absolute atomic E-state index is 12.1. The van der Waals surface area contributed by atoms with Crippen LogP contribution in [0.25, 0.3) is 11.3 Å². The van der Waals surface area contributed by atoms with Crippen molar-refractivity contribution in [1.82, 2.24) is 10.3 Å². The van der Waals surface area contributed by atoms with Crippen LogP contribution in [0.5, 0.6) is 5.75 Å². The summed E-state index contributed by atoms with van der Waals surface area (Å²) in [5.41, 5.74) is 1.88. The van der Waals surface area contributed by atoms with E-state index in [0.717, 1.165) is 21.3 Å². The van der Waals surface area contributed by atoms with E-state index in [1.165, 1.54) is 0 Å². The lowest BCUT2D eigenvalue weighted by Crippen LogP contribution is -2.23. The van der Waals surface area contributed by atoms with Crippen LogP contribution in [0.1, 0.15) is 17.9 Å². The molecule has 3 aromatic rings. The van der Waals surface area contributed by atoms with E-state index in [1.54, 1.807) is 13.3 Å². The number of hydrogen-bond acceptors (Lipinski definition) is 4. The zero-order valence-electron chi connectivity index (χ0n) is 14.4. The number of aryl methyl sites for hydroxylation is 1. The Morgan fingerprint density at radius 1 is 1.23 bits per heavy atom. The van der Waals surface area contributed by atoms with Gasteiger partial charge in [-0.1, -0.05) is 46.3 Å². The van der Waals surface area contributed by atoms with Crippen LogP contribution in [-0.4, -0.2) is 18.0 Å². The molecule has 5 nitrogen and oxygen atoms in total. The second kappa shape index (κ2) is 8.67. The van der Waals surface area contributed by atoms with Gasteiger partial charge >= 0.3 is 0 Å². The van der Waals surface area contributed by atoms with Crippen molar-refractivity contribution in [2.24, 2.45) is 0 Å². The van der Waals surface area contributed by atoms with Gasteiger partial charge in [0.05, 0.1) is 13.3 Å². The highest BCUT2D eigenvalue weighted by molar-refractivity contribution is 9.10. The molecule has 1 N–H and O–H groups in total. The summed E-state index contributed by atoms with van der Waals surface area (Å²) in [5.74, 6) is 1.94. The lowest BCUT2D eigenvalue weighted by Gasteiger charge is -2.10. The standard InChI is InChI=1S/C20H19BrN2O3/c1-25-17-8-7-16(21)11-15(17)12-22-19(24)9-10-20-23-13-18(26-20)14-5-3-2-4-6-14/h2-8,11,13H,9-10,12H2,1H3,(H,22,24). The number of benzene rings is 2. The number of carbonyl (C=O) groups is 1. The lowest BCUT2D eigenvalue weighted by molar-refractivity contribution is -0.121. The van der Waals surface area contributed by atoms with Gasteiger partial charge in [-0.05, 0) is 18.2 Å². The van der Waals surface area contributed by atoms with E-state index in [2.05, 4.69) is 26.2 Å². The number of carbonyl (C=O) groups excluding carboxylic acids is 1. The summed E-state index contributed by atoms with van der Waals surface area (Å²) in [6, 6.07) is 15.5. The highest BCUT2D eigenvalue weighted by Crippen LogP contribution is 2.23. The summed E-state index contributed by atoms with van der Waals surface area (Å²) in [6.07, 6.45) is 2.45. The van der Waals surface area contributed by atoms with Crippen LogP contribution in [0.15, 0.2) is 63.6 Å². The largest absolute Gasteiger partial charge is 0.496 e. The molecular weight excluding hydrogens is 396 g/mol. The first-order chi connectivity index (χ1) is 12.7. The Hall–Kier alpha value is -2.60. The zero-order chi connectivity index (χ0) is 18.4. The Morgan fingerprint density at radius 2 is 2.04 bits per heavy atom. The highest BCUT2D eigenvalue weighted by Gasteiger charge is 2.10. The van der Waals surface area contributed by atoms with E-state index in [1.807, 2.05) is 48.5 Å². The minimum absolute atomic E-state index is 0.0634. The van der Waals surface area contributed by atoms with Crippen molar-refractivity contribution in [2.45, 2.75) is 19.4 Å². The van der Waals surface area contributed by atoms with Gasteiger partial charge in [0, 0.05) is 35.0 Å². The molecule has 0 aliphatic heterocycles. The number of aromatic nitrogens is 1. The number of ether oxygens (including phenoxy) is 1. The first-order valence-electron chi connectivity index (χ1n) is 8.25. The maximum atomic E-state index is 12.1. The number of hydrogen-bond donors (Lipinski definition) is 1. The molecule has 1 aromatic heterocycles. The molecule has 0 saturated carbocycles. The van der Waals surface area contributed by atoms with Crippen LogP contribution >= 0.6 is 15.9 Å². The molecule has 3 rings (SSSR count). The summed E-state index contributed by atoms with van der Waals surface area (Å²) in [7, 11) is 1.61. The number of rotatable bonds is 7. The van der Waals surface area contributed by atoms with Crippen molar-refractivity contribution in [3.8, 4) is 17.1 Å². The van der Waals surface area contributed by atoms with Gasteiger partial charge in [-0.25, -0.2) is 4.98 Å². The molecule has 26 heavy (non-hydrogen) atoms. The smallest absolute Gasteiger partial charge is 0.220 e. The average Bonchev–Trinajstić information content (AvgIpc) is 3.14. The molecule has 1 heterocycles. The molecule has 0 radical (unpaired) electrons. The summed E-state index contributed by atoms with van der Waals surface area (Å²) in [4.78, 5) is 16.4. The molecule has 0 spiro atoms. The van der Waals surface area contributed by atoms with E-state index in [9.17, 15) is 4.79 Å². The second-order valence-electron chi connectivity index (χ2n) is 5.72. The van der Waals surface area contributed by atoms with Crippen molar-refractivity contribution in [3.05, 3.63) is 70.7 Å². The minimum Gasteiger partial charge on any atom is -0.496 e. The normalized spacial score (nSPS) is 10.5. The molecule has 134 valence electrons. The summed E-state index contributed by atoms with van der Waals surface area (Å²) in [5, 5.41) is 2.90. The number of amides is 1. The Bertz CT molecular complexity index is 878. The fourth-order valence-corrected chi connectivity index (χ4v) is 2.96. The van der Waals surface area contributed by atoms with Gasteiger partial charge in [-0.3, -0.25) is 4.79 Å². The van der Waals surface area contributed by atoms with Gasteiger partial charge < -0.3 is 14.5 Å². The van der Waals surface area contributed by atoms with Crippen molar-refractivity contribution in [2.75, 3.05) is 7.11 Å². The van der Waals surface area contributed by atoms with Crippen LogP contribution in [-0.2, 0) is 17.8 Å². The highest BCUT2D eigenvalue weighted by atomic mass is 79.9. The molecule has 1 amide bonds. The molecule has 0 saturated heterocycles. The summed E-state index contributed by atoms with van der Waals surface area (Å²) in [6.45, 7) is 0.405. The second-order valence-corrected chi connectivity index (χ2v) is 6.63. The number of nitrogens with zero attached hydrogens (tertiary/aromatic N) is 1. The third-order valence-corrected chi connectivity index (χ3v) is 4.39. The fraction of sp³-hybridized carbons (Fsp3) is 0.200. The molecule has 2 aromatic carbocycles. The Labute approximate surface area is 160 Å². The zero-order valence-corrected chi connectivity index (χ0v) is 16.0. The lowest BCUT2D eigenvalue weighted by atomic mass is 10.2. The minimum atomic E-state index is -0.0634. The molecular formula is C20H19BrN2O3. The topological polar surface area (TPSA) is 64.4 Å². The van der Waals surface area contributed by atoms with Crippen molar-refractivity contribution in [3.63, 3.8) is 0 Å². The maximum Gasteiger partial charge on any atom is 0.220 e. The first kappa shape index (κ1) is 18.2. The van der Waals surface area contributed by atoms with Gasteiger partial charge in [0.2, 0.25) is 5.91 Å². The molecule has 0 aliphatic rings. The molecule has 0 fully saturated rings. The molecule has 0 bridgehead atoms. The summed E-state index contributed by atoms with van der Waals surface area (Å²) < 4.78 is 12.0. The fourth-order valence-electron chi connectivity index (χ4n) is 2.55. The number of nitrogens with one attached hydrogen (secondary N) is 1. The van der Waals surface area contributed by atoms with E-state index < -0.39 is 0 Å². The molecule has 0 atom stereocenters. The Kier molecular flexibility index (Phi) is 6.07. The van der Waals surface area contributed by atoms with E-state index in [-0.39, 0.29) is 5.91 Å². The molecule has 0 aliphatic carbocycles. The molecule has 0 unspecified atom stereocenters. The predicted molar refractivity (Wildman–Crippen MR) is 103 cm³/mol. The van der Waals surface area contributed by atoms with Crippen molar-refractivity contribution < 1.29 is 13.9 Å². The third kappa shape index (κ3) is 4.73. The average molecular weight is 415 g/mol. The number of halogens is 1. The summed E-state index contributed by atoms with van der Waals surface area (Å²) >= 11 is 3.43.